The maximum atomic E-state index is 13.9. The van der Waals surface area contributed by atoms with E-state index in [9.17, 15) is 9.59 Å². The van der Waals surface area contributed by atoms with Gasteiger partial charge in [-0.2, -0.15) is 0 Å². The van der Waals surface area contributed by atoms with Crippen LogP contribution in [-0.2, 0) is 24.3 Å². The Morgan fingerprint density at radius 2 is 1.63 bits per heavy atom. The zero-order valence-corrected chi connectivity index (χ0v) is 20.5. The highest BCUT2D eigenvalue weighted by Gasteiger charge is 2.37. The molecule has 0 saturated carbocycles. The molecule has 176 valence electrons. The molecular weight excluding hydrogens is 432 g/mol. The van der Waals surface area contributed by atoms with Crippen LogP contribution < -0.4 is 0 Å². The highest BCUT2D eigenvalue weighted by atomic mass is 16.2. The third kappa shape index (κ3) is 4.44. The predicted octanol–water partition coefficient (Wildman–Crippen LogP) is 5.63. The Hall–Kier alpha value is -3.92. The van der Waals surface area contributed by atoms with Crippen molar-refractivity contribution >= 4 is 11.8 Å². The van der Waals surface area contributed by atoms with Gasteiger partial charge in [-0.1, -0.05) is 84.4 Å². The van der Waals surface area contributed by atoms with E-state index in [0.717, 1.165) is 27.8 Å². The predicted molar refractivity (Wildman–Crippen MR) is 139 cm³/mol. The summed E-state index contributed by atoms with van der Waals surface area (Å²) in [7, 11) is 1.84. The van der Waals surface area contributed by atoms with E-state index in [1.807, 2.05) is 61.6 Å². The van der Waals surface area contributed by atoms with Gasteiger partial charge in [0.05, 0.1) is 0 Å². The summed E-state index contributed by atoms with van der Waals surface area (Å²) >= 11 is 0. The van der Waals surface area contributed by atoms with Gasteiger partial charge in [-0.25, -0.2) is 0 Å². The Morgan fingerprint density at radius 1 is 0.886 bits per heavy atom. The maximum Gasteiger partial charge on any atom is 0.255 e. The lowest BCUT2D eigenvalue weighted by atomic mass is 9.92. The van der Waals surface area contributed by atoms with E-state index in [1.165, 1.54) is 11.1 Å². The van der Waals surface area contributed by atoms with Crippen LogP contribution in [0.3, 0.4) is 0 Å². The third-order valence-electron chi connectivity index (χ3n) is 7.10. The van der Waals surface area contributed by atoms with Crippen molar-refractivity contribution in [3.8, 4) is 11.1 Å². The van der Waals surface area contributed by atoms with Crippen molar-refractivity contribution in [2.24, 2.45) is 0 Å². The molecule has 2 aliphatic carbocycles. The fourth-order valence-corrected chi connectivity index (χ4v) is 5.12. The molecule has 4 heteroatoms. The van der Waals surface area contributed by atoms with Crippen LogP contribution in [0, 0.1) is 13.8 Å². The van der Waals surface area contributed by atoms with E-state index in [0.29, 0.717) is 25.1 Å². The molecule has 5 rings (SSSR count). The summed E-state index contributed by atoms with van der Waals surface area (Å²) in [5.41, 5.74) is 8.30. The monoisotopic (exact) mass is 462 g/mol. The third-order valence-corrected chi connectivity index (χ3v) is 7.10. The minimum atomic E-state index is -0.546. The van der Waals surface area contributed by atoms with Gasteiger partial charge in [0.2, 0.25) is 5.91 Å². The molecule has 1 atom stereocenters. The van der Waals surface area contributed by atoms with Gasteiger partial charge in [0.25, 0.3) is 5.91 Å². The van der Waals surface area contributed by atoms with Gasteiger partial charge in [-0.3, -0.25) is 9.59 Å². The summed E-state index contributed by atoms with van der Waals surface area (Å²) in [6.07, 6.45) is 0.518. The molecule has 4 nitrogen and oxygen atoms in total. The maximum absolute atomic E-state index is 13.9. The van der Waals surface area contributed by atoms with Gasteiger partial charge < -0.3 is 9.80 Å². The molecule has 0 radical (unpaired) electrons. The van der Waals surface area contributed by atoms with Gasteiger partial charge in [-0.05, 0) is 53.3 Å². The first-order chi connectivity index (χ1) is 16.9. The Labute approximate surface area is 207 Å². The van der Waals surface area contributed by atoms with Crippen LogP contribution in [0.5, 0.6) is 0 Å². The first kappa shape index (κ1) is 22.9. The quantitative estimate of drug-likeness (QED) is 0.394. The molecule has 35 heavy (non-hydrogen) atoms. The lowest BCUT2D eigenvalue weighted by Gasteiger charge is -2.38. The largest absolute Gasteiger partial charge is 0.340 e. The summed E-state index contributed by atoms with van der Waals surface area (Å²) in [4.78, 5) is 31.3. The fraction of sp³-hybridized carbons (Fsp3) is 0.226. The number of hydrogen-bond donors (Lipinski definition) is 0. The summed E-state index contributed by atoms with van der Waals surface area (Å²) < 4.78 is 0. The lowest BCUT2D eigenvalue weighted by molar-refractivity contribution is -0.135. The first-order valence-electron chi connectivity index (χ1n) is 12.1. The molecular formula is C31H30N2O2. The average molecular weight is 463 g/mol. The van der Waals surface area contributed by atoms with Crippen LogP contribution in [-0.4, -0.2) is 34.7 Å². The number of aryl methyl sites for hydroxylation is 2. The van der Waals surface area contributed by atoms with Crippen LogP contribution in [0.25, 0.3) is 11.1 Å². The van der Waals surface area contributed by atoms with E-state index in [-0.39, 0.29) is 11.8 Å². The standard InChI is InChI=1S/C31H30N2O2/c1-21-13-14-25(22(2)17-21)19-32(3)31(35)29-18-24-10-7-8-11-26(24)20-33(29)30(34)28-16-15-23-9-5-4-6-12-27(23)28/h4-17,29H,18-20H2,1-3H3. The number of nitrogens with zero attached hydrogens (tertiary/aromatic N) is 2. The fourth-order valence-electron chi connectivity index (χ4n) is 5.12. The van der Waals surface area contributed by atoms with Gasteiger partial charge in [0.15, 0.2) is 0 Å². The van der Waals surface area contributed by atoms with Crippen molar-refractivity contribution < 1.29 is 9.59 Å². The molecule has 0 saturated heterocycles. The molecule has 0 spiro atoms. The van der Waals surface area contributed by atoms with Crippen LogP contribution in [0.4, 0.5) is 0 Å². The molecule has 3 aliphatic rings. The number of amides is 2. The number of hydrogen-bond acceptors (Lipinski definition) is 2. The van der Waals surface area contributed by atoms with Gasteiger partial charge in [0, 0.05) is 32.1 Å². The van der Waals surface area contributed by atoms with E-state index < -0.39 is 6.04 Å². The zero-order valence-electron chi connectivity index (χ0n) is 20.5. The normalized spacial score (nSPS) is 15.1. The molecule has 0 N–H and O–H groups in total. The summed E-state index contributed by atoms with van der Waals surface area (Å²) in [6.45, 7) is 5.09. The highest BCUT2D eigenvalue weighted by Crippen LogP contribution is 2.32. The molecule has 0 fully saturated rings. The Bertz CT molecular complexity index is 1380. The molecule has 0 aromatic heterocycles. The summed E-state index contributed by atoms with van der Waals surface area (Å²) in [5, 5.41) is 0. The summed E-state index contributed by atoms with van der Waals surface area (Å²) in [6, 6.07) is 27.6. The van der Waals surface area contributed by atoms with Crippen LogP contribution in [0.2, 0.25) is 0 Å². The topological polar surface area (TPSA) is 40.6 Å². The highest BCUT2D eigenvalue weighted by molar-refractivity contribution is 6.04. The van der Waals surface area contributed by atoms with E-state index in [1.54, 1.807) is 9.80 Å². The number of carbonyl (C=O) groups is 2. The zero-order chi connectivity index (χ0) is 24.5. The lowest BCUT2D eigenvalue weighted by Crippen LogP contribution is -2.52. The number of rotatable bonds is 4. The minimum Gasteiger partial charge on any atom is -0.340 e. The van der Waals surface area contributed by atoms with Gasteiger partial charge in [-0.15, -0.1) is 0 Å². The van der Waals surface area contributed by atoms with Crippen molar-refractivity contribution in [3.05, 3.63) is 118 Å². The van der Waals surface area contributed by atoms with E-state index in [2.05, 4.69) is 44.2 Å². The van der Waals surface area contributed by atoms with Crippen molar-refractivity contribution in [1.29, 1.82) is 0 Å². The SMILES string of the molecule is Cc1ccc(CN(C)C(=O)C2Cc3ccccc3CN2C(=O)c2ccc3cccccc2-3)c(C)c1. The van der Waals surface area contributed by atoms with E-state index in [4.69, 9.17) is 0 Å². The summed E-state index contributed by atoms with van der Waals surface area (Å²) in [5.74, 6) is -0.131. The van der Waals surface area contributed by atoms with Crippen molar-refractivity contribution in [1.82, 2.24) is 9.80 Å². The second kappa shape index (κ2) is 9.38. The molecule has 1 aliphatic heterocycles. The van der Waals surface area contributed by atoms with E-state index >= 15 is 0 Å². The average Bonchev–Trinajstić information content (AvgIpc) is 3.11. The Balaban J connectivity index is 1.47. The number of likely N-dealkylation sites (N-methyl/N-ethyl adjacent to an activating group) is 1. The van der Waals surface area contributed by atoms with Crippen molar-refractivity contribution in [2.75, 3.05) is 7.05 Å². The molecule has 2 amide bonds. The second-order valence-corrected chi connectivity index (χ2v) is 9.57. The molecule has 1 heterocycles. The Kier molecular flexibility index (Phi) is 6.12. The Morgan fingerprint density at radius 3 is 2.43 bits per heavy atom. The second-order valence-electron chi connectivity index (χ2n) is 9.57. The van der Waals surface area contributed by atoms with Crippen molar-refractivity contribution in [2.45, 2.75) is 39.4 Å². The molecule has 0 bridgehead atoms. The van der Waals surface area contributed by atoms with Gasteiger partial charge in [0.1, 0.15) is 6.04 Å². The first-order valence-corrected chi connectivity index (χ1v) is 12.1. The van der Waals surface area contributed by atoms with Crippen LogP contribution in [0.15, 0.2) is 84.9 Å². The van der Waals surface area contributed by atoms with Crippen LogP contribution >= 0.6 is 0 Å². The van der Waals surface area contributed by atoms with Gasteiger partial charge >= 0.3 is 0 Å². The smallest absolute Gasteiger partial charge is 0.255 e. The van der Waals surface area contributed by atoms with Crippen LogP contribution in [0.1, 0.15) is 38.2 Å². The number of fused-ring (bicyclic) bond motifs is 2. The number of benzene rings is 2. The van der Waals surface area contributed by atoms with Crippen molar-refractivity contribution in [3.63, 3.8) is 0 Å². The molecule has 2 aromatic carbocycles. The molecule has 1 unspecified atom stereocenters. The number of carbonyl (C=O) groups excluding carboxylic acids is 2. The molecule has 2 aromatic rings. The minimum absolute atomic E-state index is 0.0331.